The highest BCUT2D eigenvalue weighted by Crippen LogP contribution is 2.18. The Kier molecular flexibility index (Phi) is 4.34. The quantitative estimate of drug-likeness (QED) is 0.654. The number of nitrogens with one attached hydrogen (secondary N) is 2. The molecular formula is C17H22N4. The zero-order chi connectivity index (χ0) is 14.5. The number of fused-ring (bicyclic) bond motifs is 1. The molecule has 0 unspecified atom stereocenters. The largest absolute Gasteiger partial charge is 0.357 e. The first-order valence-corrected chi connectivity index (χ1v) is 7.74. The van der Waals surface area contributed by atoms with Crippen molar-refractivity contribution in [2.24, 2.45) is 4.99 Å². The topological polar surface area (TPSA) is 49.3 Å². The molecule has 0 bridgehead atoms. The number of aliphatic imine (C=N–C) groups is 1. The SMILES string of the molecule is CCNC(=NCCc1ccc2ccccc2n1)NC1CC1. The smallest absolute Gasteiger partial charge is 0.191 e. The maximum atomic E-state index is 4.68. The number of aromatic nitrogens is 1. The fourth-order valence-corrected chi connectivity index (χ4v) is 2.27. The van der Waals surface area contributed by atoms with Crippen molar-refractivity contribution in [2.45, 2.75) is 32.2 Å². The predicted molar refractivity (Wildman–Crippen MR) is 87.6 cm³/mol. The molecule has 1 saturated carbocycles. The number of pyridine rings is 1. The average molecular weight is 282 g/mol. The first-order valence-electron chi connectivity index (χ1n) is 7.74. The third-order valence-electron chi connectivity index (χ3n) is 3.56. The van der Waals surface area contributed by atoms with Gasteiger partial charge in [-0.15, -0.1) is 0 Å². The monoisotopic (exact) mass is 282 g/mol. The number of hydrogen-bond acceptors (Lipinski definition) is 2. The molecule has 0 aliphatic heterocycles. The third-order valence-corrected chi connectivity index (χ3v) is 3.56. The molecule has 1 aromatic heterocycles. The molecule has 21 heavy (non-hydrogen) atoms. The summed E-state index contributed by atoms with van der Waals surface area (Å²) in [5, 5.41) is 7.90. The molecule has 0 radical (unpaired) electrons. The van der Waals surface area contributed by atoms with E-state index in [1.165, 1.54) is 18.2 Å². The molecule has 0 spiro atoms. The summed E-state index contributed by atoms with van der Waals surface area (Å²) in [7, 11) is 0. The molecule has 4 nitrogen and oxygen atoms in total. The van der Waals surface area contributed by atoms with Gasteiger partial charge in [0.05, 0.1) is 5.52 Å². The fraction of sp³-hybridized carbons (Fsp3) is 0.412. The predicted octanol–water partition coefficient (Wildman–Crippen LogP) is 2.49. The minimum absolute atomic E-state index is 0.626. The zero-order valence-electron chi connectivity index (χ0n) is 12.5. The molecule has 1 aliphatic carbocycles. The van der Waals surface area contributed by atoms with Gasteiger partial charge in [-0.2, -0.15) is 0 Å². The Morgan fingerprint density at radius 3 is 2.90 bits per heavy atom. The van der Waals surface area contributed by atoms with Crippen LogP contribution in [0.5, 0.6) is 0 Å². The summed E-state index contributed by atoms with van der Waals surface area (Å²) in [6.45, 7) is 3.75. The van der Waals surface area contributed by atoms with Crippen molar-refractivity contribution >= 4 is 16.9 Å². The lowest BCUT2D eigenvalue weighted by Crippen LogP contribution is -2.38. The van der Waals surface area contributed by atoms with Crippen molar-refractivity contribution < 1.29 is 0 Å². The van der Waals surface area contributed by atoms with E-state index in [-0.39, 0.29) is 0 Å². The lowest BCUT2D eigenvalue weighted by molar-refractivity contribution is 0.805. The Hall–Kier alpha value is -2.10. The van der Waals surface area contributed by atoms with Gasteiger partial charge in [0.15, 0.2) is 5.96 Å². The summed E-state index contributed by atoms with van der Waals surface area (Å²) in [4.78, 5) is 9.30. The minimum Gasteiger partial charge on any atom is -0.357 e. The van der Waals surface area contributed by atoms with Crippen LogP contribution in [-0.2, 0) is 6.42 Å². The molecule has 0 atom stereocenters. The molecule has 1 heterocycles. The van der Waals surface area contributed by atoms with Crippen LogP contribution in [0.15, 0.2) is 41.4 Å². The molecule has 1 fully saturated rings. The van der Waals surface area contributed by atoms with Crippen molar-refractivity contribution in [3.05, 3.63) is 42.1 Å². The van der Waals surface area contributed by atoms with E-state index in [1.807, 2.05) is 12.1 Å². The van der Waals surface area contributed by atoms with Crippen molar-refractivity contribution in [2.75, 3.05) is 13.1 Å². The number of hydrogen-bond donors (Lipinski definition) is 2. The van der Waals surface area contributed by atoms with Crippen LogP contribution in [0.1, 0.15) is 25.5 Å². The number of nitrogens with zero attached hydrogens (tertiary/aromatic N) is 2. The number of benzene rings is 1. The highest BCUT2D eigenvalue weighted by molar-refractivity contribution is 5.80. The van der Waals surface area contributed by atoms with E-state index in [1.54, 1.807) is 0 Å². The lowest BCUT2D eigenvalue weighted by atomic mass is 10.2. The van der Waals surface area contributed by atoms with Gasteiger partial charge in [0.1, 0.15) is 0 Å². The second-order valence-electron chi connectivity index (χ2n) is 5.42. The van der Waals surface area contributed by atoms with Crippen LogP contribution in [0.3, 0.4) is 0 Å². The van der Waals surface area contributed by atoms with Crippen LogP contribution < -0.4 is 10.6 Å². The van der Waals surface area contributed by atoms with E-state index in [2.05, 4.69) is 51.8 Å². The summed E-state index contributed by atoms with van der Waals surface area (Å²) < 4.78 is 0. The van der Waals surface area contributed by atoms with Crippen molar-refractivity contribution in [3.8, 4) is 0 Å². The minimum atomic E-state index is 0.626. The summed E-state index contributed by atoms with van der Waals surface area (Å²) in [5.41, 5.74) is 2.15. The van der Waals surface area contributed by atoms with Gasteiger partial charge in [-0.3, -0.25) is 9.98 Å². The summed E-state index contributed by atoms with van der Waals surface area (Å²) >= 11 is 0. The van der Waals surface area contributed by atoms with Gasteiger partial charge in [0.25, 0.3) is 0 Å². The molecule has 1 aromatic carbocycles. The Morgan fingerprint density at radius 1 is 1.24 bits per heavy atom. The second-order valence-corrected chi connectivity index (χ2v) is 5.42. The van der Waals surface area contributed by atoms with Gasteiger partial charge in [0, 0.05) is 36.6 Å². The van der Waals surface area contributed by atoms with Gasteiger partial charge in [-0.25, -0.2) is 0 Å². The van der Waals surface area contributed by atoms with Crippen molar-refractivity contribution in [1.82, 2.24) is 15.6 Å². The normalized spacial score (nSPS) is 15.2. The van der Waals surface area contributed by atoms with Crippen LogP contribution >= 0.6 is 0 Å². The van der Waals surface area contributed by atoms with Gasteiger partial charge in [-0.05, 0) is 31.9 Å². The average Bonchev–Trinajstić information content (AvgIpc) is 3.31. The van der Waals surface area contributed by atoms with Crippen LogP contribution in [0.4, 0.5) is 0 Å². The zero-order valence-corrected chi connectivity index (χ0v) is 12.5. The van der Waals surface area contributed by atoms with E-state index in [0.29, 0.717) is 6.04 Å². The number of para-hydroxylation sites is 1. The summed E-state index contributed by atoms with van der Waals surface area (Å²) in [6, 6.07) is 13.1. The summed E-state index contributed by atoms with van der Waals surface area (Å²) in [6.07, 6.45) is 3.39. The highest BCUT2D eigenvalue weighted by Gasteiger charge is 2.21. The van der Waals surface area contributed by atoms with Gasteiger partial charge < -0.3 is 10.6 Å². The fourth-order valence-electron chi connectivity index (χ4n) is 2.27. The number of guanidine groups is 1. The van der Waals surface area contributed by atoms with Crippen molar-refractivity contribution in [3.63, 3.8) is 0 Å². The van der Waals surface area contributed by atoms with E-state index < -0.39 is 0 Å². The van der Waals surface area contributed by atoms with E-state index in [4.69, 9.17) is 0 Å². The van der Waals surface area contributed by atoms with Crippen LogP contribution in [0, 0.1) is 0 Å². The molecule has 3 rings (SSSR count). The molecule has 4 heteroatoms. The molecule has 2 aromatic rings. The maximum absolute atomic E-state index is 4.68. The molecule has 0 saturated heterocycles. The first-order chi connectivity index (χ1) is 10.3. The summed E-state index contributed by atoms with van der Waals surface area (Å²) in [5.74, 6) is 0.931. The Morgan fingerprint density at radius 2 is 2.10 bits per heavy atom. The van der Waals surface area contributed by atoms with Crippen molar-refractivity contribution in [1.29, 1.82) is 0 Å². The van der Waals surface area contributed by atoms with E-state index in [9.17, 15) is 0 Å². The van der Waals surface area contributed by atoms with Crippen LogP contribution in [0.2, 0.25) is 0 Å². The van der Waals surface area contributed by atoms with Gasteiger partial charge in [0.2, 0.25) is 0 Å². The third kappa shape index (κ3) is 3.94. The van der Waals surface area contributed by atoms with E-state index in [0.717, 1.165) is 36.7 Å². The Bertz CT molecular complexity index is 631. The van der Waals surface area contributed by atoms with Gasteiger partial charge >= 0.3 is 0 Å². The van der Waals surface area contributed by atoms with Crippen LogP contribution in [-0.4, -0.2) is 30.1 Å². The standard InChI is InChI=1S/C17H22N4/c1-2-18-17(21-14-9-10-14)19-12-11-15-8-7-13-5-3-4-6-16(13)20-15/h3-8,14H,2,9-12H2,1H3,(H2,18,19,21). The molecule has 0 amide bonds. The van der Waals surface area contributed by atoms with Gasteiger partial charge in [-0.1, -0.05) is 24.3 Å². The molecular weight excluding hydrogens is 260 g/mol. The lowest BCUT2D eigenvalue weighted by Gasteiger charge is -2.10. The Labute approximate surface area is 125 Å². The maximum Gasteiger partial charge on any atom is 0.191 e. The van der Waals surface area contributed by atoms with E-state index >= 15 is 0 Å². The Balaban J connectivity index is 1.61. The molecule has 1 aliphatic rings. The molecule has 110 valence electrons. The second kappa shape index (κ2) is 6.57. The number of rotatable bonds is 5. The molecule has 2 N–H and O–H groups in total. The van der Waals surface area contributed by atoms with Crippen LogP contribution in [0.25, 0.3) is 10.9 Å². The first kappa shape index (κ1) is 13.9. The highest BCUT2D eigenvalue weighted by atomic mass is 15.2.